The van der Waals surface area contributed by atoms with Gasteiger partial charge in [-0.05, 0) is 35.4 Å². The molecule has 20 heavy (non-hydrogen) atoms. The second-order valence-electron chi connectivity index (χ2n) is 4.90. The fourth-order valence-corrected chi connectivity index (χ4v) is 3.12. The number of pyridine rings is 1. The van der Waals surface area contributed by atoms with E-state index in [1.54, 1.807) is 29.0 Å². The molecule has 3 rings (SSSR count). The summed E-state index contributed by atoms with van der Waals surface area (Å²) in [6.45, 7) is 2.11. The number of aryl methyl sites for hydroxylation is 1. The Morgan fingerprint density at radius 1 is 1.25 bits per heavy atom. The number of anilines is 1. The minimum absolute atomic E-state index is 0.00344. The molecule has 102 valence electrons. The van der Waals surface area contributed by atoms with Crippen molar-refractivity contribution in [3.8, 4) is 0 Å². The van der Waals surface area contributed by atoms with Crippen molar-refractivity contribution < 1.29 is 0 Å². The van der Waals surface area contributed by atoms with Gasteiger partial charge in [0.1, 0.15) is 0 Å². The molecule has 0 fully saturated rings. The average molecular weight is 284 g/mol. The van der Waals surface area contributed by atoms with Gasteiger partial charge < -0.3 is 9.88 Å². The maximum atomic E-state index is 12.0. The zero-order valence-corrected chi connectivity index (χ0v) is 12.3. The molecular formula is C16H16N2OS. The van der Waals surface area contributed by atoms with Crippen molar-refractivity contribution in [1.82, 2.24) is 4.57 Å². The molecule has 2 aromatic heterocycles. The Hall–Kier alpha value is -2.07. The molecule has 1 N–H and O–H groups in total. The van der Waals surface area contributed by atoms with Gasteiger partial charge in [-0.25, -0.2) is 0 Å². The number of aromatic nitrogens is 1. The molecule has 0 radical (unpaired) electrons. The zero-order chi connectivity index (χ0) is 14.1. The van der Waals surface area contributed by atoms with Crippen LogP contribution in [-0.2, 0) is 7.05 Å². The van der Waals surface area contributed by atoms with Gasteiger partial charge in [0.05, 0.1) is 5.52 Å². The van der Waals surface area contributed by atoms with E-state index in [0.29, 0.717) is 0 Å². The zero-order valence-electron chi connectivity index (χ0n) is 11.5. The predicted molar refractivity (Wildman–Crippen MR) is 85.5 cm³/mol. The van der Waals surface area contributed by atoms with Crippen LogP contribution in [0.2, 0.25) is 0 Å². The summed E-state index contributed by atoms with van der Waals surface area (Å²) in [6, 6.07) is 11.9. The molecule has 2 heterocycles. The molecular weight excluding hydrogens is 268 g/mol. The molecule has 0 spiro atoms. The lowest BCUT2D eigenvalue weighted by atomic mass is 10.1. The van der Waals surface area contributed by atoms with Crippen molar-refractivity contribution >= 4 is 27.9 Å². The van der Waals surface area contributed by atoms with Gasteiger partial charge in [-0.15, -0.1) is 0 Å². The normalized spacial score (nSPS) is 12.5. The highest BCUT2D eigenvalue weighted by atomic mass is 32.1. The SMILES string of the molecule is CC(Nc1cc(=O)n(C)c2ccccc12)c1ccsc1. The molecule has 4 heteroatoms. The van der Waals surface area contributed by atoms with Gasteiger partial charge in [-0.2, -0.15) is 11.3 Å². The van der Waals surface area contributed by atoms with Crippen LogP contribution in [0.5, 0.6) is 0 Å². The monoisotopic (exact) mass is 284 g/mol. The fraction of sp³-hybridized carbons (Fsp3) is 0.188. The van der Waals surface area contributed by atoms with Crippen LogP contribution in [0, 0.1) is 0 Å². The van der Waals surface area contributed by atoms with E-state index in [4.69, 9.17) is 0 Å². The smallest absolute Gasteiger partial charge is 0.252 e. The lowest BCUT2D eigenvalue weighted by molar-refractivity contribution is 0.878. The first-order valence-corrected chi connectivity index (χ1v) is 7.48. The molecule has 0 bridgehead atoms. The van der Waals surface area contributed by atoms with Crippen LogP contribution in [0.1, 0.15) is 18.5 Å². The Kier molecular flexibility index (Phi) is 3.32. The van der Waals surface area contributed by atoms with Gasteiger partial charge in [0.15, 0.2) is 0 Å². The maximum Gasteiger partial charge on any atom is 0.252 e. The molecule has 0 saturated heterocycles. The van der Waals surface area contributed by atoms with Crippen LogP contribution in [-0.4, -0.2) is 4.57 Å². The quantitative estimate of drug-likeness (QED) is 0.794. The summed E-state index contributed by atoms with van der Waals surface area (Å²) < 4.78 is 1.68. The van der Waals surface area contributed by atoms with Crippen molar-refractivity contribution in [2.45, 2.75) is 13.0 Å². The molecule has 0 aliphatic heterocycles. The van der Waals surface area contributed by atoms with E-state index < -0.39 is 0 Å². The molecule has 3 aromatic rings. The third kappa shape index (κ3) is 2.23. The van der Waals surface area contributed by atoms with E-state index in [-0.39, 0.29) is 11.6 Å². The first-order valence-electron chi connectivity index (χ1n) is 6.54. The van der Waals surface area contributed by atoms with E-state index in [9.17, 15) is 4.79 Å². The fourth-order valence-electron chi connectivity index (χ4n) is 2.37. The van der Waals surface area contributed by atoms with Gasteiger partial charge >= 0.3 is 0 Å². The van der Waals surface area contributed by atoms with Crippen LogP contribution in [0.4, 0.5) is 5.69 Å². The van der Waals surface area contributed by atoms with Crippen molar-refractivity contribution in [1.29, 1.82) is 0 Å². The number of para-hydroxylation sites is 1. The maximum absolute atomic E-state index is 12.0. The van der Waals surface area contributed by atoms with Crippen LogP contribution < -0.4 is 10.9 Å². The van der Waals surface area contributed by atoms with Crippen LogP contribution in [0.3, 0.4) is 0 Å². The second kappa shape index (κ2) is 5.13. The minimum atomic E-state index is 0.00344. The van der Waals surface area contributed by atoms with Gasteiger partial charge in [-0.3, -0.25) is 4.79 Å². The summed E-state index contributed by atoms with van der Waals surface area (Å²) >= 11 is 1.68. The predicted octanol–water partition coefficient (Wildman–Crippen LogP) is 3.77. The number of fused-ring (bicyclic) bond motifs is 1. The van der Waals surface area contributed by atoms with Gasteiger partial charge in [0.25, 0.3) is 5.56 Å². The minimum Gasteiger partial charge on any atom is -0.378 e. The molecule has 1 unspecified atom stereocenters. The van der Waals surface area contributed by atoms with E-state index >= 15 is 0 Å². The average Bonchev–Trinajstić information content (AvgIpc) is 2.99. The van der Waals surface area contributed by atoms with Crippen LogP contribution in [0.25, 0.3) is 10.9 Å². The number of hydrogen-bond donors (Lipinski definition) is 1. The van der Waals surface area contributed by atoms with Crippen LogP contribution >= 0.6 is 11.3 Å². The number of hydrogen-bond acceptors (Lipinski definition) is 3. The number of nitrogens with zero attached hydrogens (tertiary/aromatic N) is 1. The number of rotatable bonds is 3. The van der Waals surface area contributed by atoms with Crippen molar-refractivity contribution in [2.24, 2.45) is 7.05 Å². The first kappa shape index (κ1) is 12.9. The number of nitrogens with one attached hydrogen (secondary N) is 1. The summed E-state index contributed by atoms with van der Waals surface area (Å²) in [5.74, 6) is 0. The summed E-state index contributed by atoms with van der Waals surface area (Å²) in [6.07, 6.45) is 0. The molecule has 3 nitrogen and oxygen atoms in total. The van der Waals surface area contributed by atoms with E-state index in [1.165, 1.54) is 5.56 Å². The van der Waals surface area contributed by atoms with Crippen molar-refractivity contribution in [3.05, 3.63) is 63.1 Å². The summed E-state index contributed by atoms with van der Waals surface area (Å²) in [5.41, 5.74) is 3.07. The molecule has 1 atom stereocenters. The van der Waals surface area contributed by atoms with Gasteiger partial charge in [0.2, 0.25) is 0 Å². The van der Waals surface area contributed by atoms with Gasteiger partial charge in [0, 0.05) is 30.2 Å². The van der Waals surface area contributed by atoms with E-state index in [1.807, 2.05) is 24.3 Å². The van der Waals surface area contributed by atoms with Gasteiger partial charge in [-0.1, -0.05) is 18.2 Å². The standard InChI is InChI=1S/C16H16N2OS/c1-11(12-7-8-20-10-12)17-14-9-16(19)18(2)15-6-4-3-5-13(14)15/h3-11,17H,1-2H3. The molecule has 0 saturated carbocycles. The summed E-state index contributed by atoms with van der Waals surface area (Å²) in [5, 5.41) is 8.71. The Balaban J connectivity index is 2.08. The molecule has 0 aliphatic rings. The summed E-state index contributed by atoms with van der Waals surface area (Å²) in [7, 11) is 1.80. The Bertz CT molecular complexity index is 790. The summed E-state index contributed by atoms with van der Waals surface area (Å²) in [4.78, 5) is 12.0. The number of thiophene rings is 1. The van der Waals surface area contributed by atoms with E-state index in [2.05, 4.69) is 29.1 Å². The lowest BCUT2D eigenvalue weighted by Gasteiger charge is -2.17. The highest BCUT2D eigenvalue weighted by Crippen LogP contribution is 2.26. The number of benzene rings is 1. The third-order valence-electron chi connectivity index (χ3n) is 3.57. The molecule has 0 amide bonds. The van der Waals surface area contributed by atoms with Crippen molar-refractivity contribution in [2.75, 3.05) is 5.32 Å². The Morgan fingerprint density at radius 3 is 2.80 bits per heavy atom. The second-order valence-corrected chi connectivity index (χ2v) is 5.68. The third-order valence-corrected chi connectivity index (χ3v) is 4.27. The largest absolute Gasteiger partial charge is 0.378 e. The first-order chi connectivity index (χ1) is 9.66. The highest BCUT2D eigenvalue weighted by molar-refractivity contribution is 7.08. The highest BCUT2D eigenvalue weighted by Gasteiger charge is 2.10. The Morgan fingerprint density at radius 2 is 2.05 bits per heavy atom. The lowest BCUT2D eigenvalue weighted by Crippen LogP contribution is -2.18. The van der Waals surface area contributed by atoms with Crippen LogP contribution in [0.15, 0.2) is 52.0 Å². The molecule has 0 aliphatic carbocycles. The molecule has 1 aromatic carbocycles. The van der Waals surface area contributed by atoms with E-state index in [0.717, 1.165) is 16.6 Å². The topological polar surface area (TPSA) is 34.0 Å². The Labute approximate surface area is 121 Å². The van der Waals surface area contributed by atoms with Crippen molar-refractivity contribution in [3.63, 3.8) is 0 Å².